The Hall–Kier alpha value is -0.600. The minimum absolute atomic E-state index is 0.774. The second kappa shape index (κ2) is 10.2. The predicted molar refractivity (Wildman–Crippen MR) is 102 cm³/mol. The molecule has 3 heterocycles. The van der Waals surface area contributed by atoms with Crippen molar-refractivity contribution in [1.82, 2.24) is 0 Å². The number of hydrogen-bond acceptors (Lipinski definition) is 15. The molecule has 2 unspecified atom stereocenters. The van der Waals surface area contributed by atoms with Gasteiger partial charge >= 0.3 is 0 Å². The molecule has 0 amide bonds. The molecule has 0 bridgehead atoms. The molecule has 0 radical (unpaired) electrons. The number of aliphatic hydroxyl groups is 10. The molecule has 12 N–H and O–H groups in total. The molecule has 0 saturated carbocycles. The fourth-order valence-corrected chi connectivity index (χ4v) is 4.50. The molecule has 3 saturated heterocycles. The molecule has 15 nitrogen and oxygen atoms in total. The zero-order valence-electron chi connectivity index (χ0n) is 17.7. The summed E-state index contributed by atoms with van der Waals surface area (Å²) in [5.74, 6) is 0. The highest BCUT2D eigenvalue weighted by molar-refractivity contribution is 5.14. The number of aliphatic hydroxyl groups excluding tert-OH is 9. The van der Waals surface area contributed by atoms with Crippen molar-refractivity contribution in [1.29, 1.82) is 0 Å². The van der Waals surface area contributed by atoms with Gasteiger partial charge < -0.3 is 75.7 Å². The van der Waals surface area contributed by atoms with Gasteiger partial charge in [0.2, 0.25) is 0 Å². The summed E-state index contributed by atoms with van der Waals surface area (Å²) in [5.41, 5.74) is 3.34. The van der Waals surface area contributed by atoms with E-state index < -0.39 is 105 Å². The molecule has 0 aromatic heterocycles. The second-order valence-corrected chi connectivity index (χ2v) is 8.65. The van der Waals surface area contributed by atoms with Gasteiger partial charge in [-0.1, -0.05) is 0 Å². The van der Waals surface area contributed by atoms with Crippen molar-refractivity contribution in [2.75, 3.05) is 13.2 Å². The van der Waals surface area contributed by atoms with Crippen LogP contribution in [0.2, 0.25) is 0 Å². The smallest absolute Gasteiger partial charge is 0.187 e. The van der Waals surface area contributed by atoms with Crippen LogP contribution in [0.15, 0.2) is 0 Å². The third-order valence-electron chi connectivity index (χ3n) is 6.57. The number of ether oxygens (including phenoxy) is 4. The molecular formula is C18H33NO14. The molecule has 33 heavy (non-hydrogen) atoms. The zero-order chi connectivity index (χ0) is 24.8. The molecule has 3 fully saturated rings. The topological polar surface area (TPSA) is 265 Å². The number of hydrogen-bond donors (Lipinski definition) is 11. The largest absolute Gasteiger partial charge is 0.394 e. The molecule has 15 heteroatoms. The van der Waals surface area contributed by atoms with E-state index in [1.54, 1.807) is 0 Å². The van der Waals surface area contributed by atoms with Gasteiger partial charge in [-0.3, -0.25) is 0 Å². The number of rotatable bonds is 5. The van der Waals surface area contributed by atoms with E-state index in [-0.39, 0.29) is 0 Å². The molecule has 0 aromatic carbocycles. The fraction of sp³-hybridized carbons (Fsp3) is 1.00. The summed E-state index contributed by atoms with van der Waals surface area (Å²) in [7, 11) is 0. The number of nitrogens with two attached hydrogens (primary N) is 1. The molecule has 3 aliphatic heterocycles. The van der Waals surface area contributed by atoms with Crippen molar-refractivity contribution >= 4 is 0 Å². The zero-order valence-corrected chi connectivity index (χ0v) is 17.7. The van der Waals surface area contributed by atoms with Gasteiger partial charge in [-0.15, -0.1) is 0 Å². The van der Waals surface area contributed by atoms with E-state index in [0.29, 0.717) is 0 Å². The van der Waals surface area contributed by atoms with Gasteiger partial charge in [0.05, 0.1) is 25.4 Å². The summed E-state index contributed by atoms with van der Waals surface area (Å²) >= 11 is 0. The first-order valence-corrected chi connectivity index (χ1v) is 10.5. The summed E-state index contributed by atoms with van der Waals surface area (Å²) in [5, 5.41) is 102. The Bertz CT molecular complexity index is 658. The molecule has 3 rings (SSSR count). The van der Waals surface area contributed by atoms with E-state index in [9.17, 15) is 51.1 Å². The van der Waals surface area contributed by atoms with Gasteiger partial charge in [-0.25, -0.2) is 0 Å². The second-order valence-electron chi connectivity index (χ2n) is 8.65. The highest BCUT2D eigenvalue weighted by Gasteiger charge is 2.65. The van der Waals surface area contributed by atoms with Gasteiger partial charge in [0.15, 0.2) is 12.6 Å². The lowest BCUT2D eigenvalue weighted by Crippen LogP contribution is -2.79. The van der Waals surface area contributed by atoms with Gasteiger partial charge in [-0.2, -0.15) is 0 Å². The summed E-state index contributed by atoms with van der Waals surface area (Å²) < 4.78 is 21.6. The third-order valence-corrected chi connectivity index (χ3v) is 6.57. The van der Waals surface area contributed by atoms with Crippen molar-refractivity contribution in [2.24, 2.45) is 5.73 Å². The molecule has 194 valence electrons. The maximum absolute atomic E-state index is 11.7. The molecule has 3 aliphatic rings. The van der Waals surface area contributed by atoms with Crippen LogP contribution in [0.5, 0.6) is 0 Å². The van der Waals surface area contributed by atoms with Crippen molar-refractivity contribution in [3.05, 3.63) is 0 Å². The Morgan fingerprint density at radius 3 is 1.91 bits per heavy atom. The van der Waals surface area contributed by atoms with Crippen molar-refractivity contribution < 1.29 is 70.0 Å². The monoisotopic (exact) mass is 487 g/mol. The summed E-state index contributed by atoms with van der Waals surface area (Å²) in [6.45, 7) is -0.309. The minimum Gasteiger partial charge on any atom is -0.394 e. The van der Waals surface area contributed by atoms with Crippen LogP contribution in [-0.2, 0) is 18.9 Å². The summed E-state index contributed by atoms with van der Waals surface area (Å²) in [6, 6.07) is -1.77. The van der Waals surface area contributed by atoms with E-state index in [4.69, 9.17) is 24.7 Å². The normalized spacial score (nSPS) is 56.0. The predicted octanol–water partition coefficient (Wildman–Crippen LogP) is -7.19. The third kappa shape index (κ3) is 4.53. The van der Waals surface area contributed by atoms with Gasteiger partial charge in [-0.05, 0) is 6.92 Å². The average molecular weight is 487 g/mol. The first-order chi connectivity index (χ1) is 15.4. The lowest BCUT2D eigenvalue weighted by Gasteiger charge is -2.56. The van der Waals surface area contributed by atoms with Gasteiger partial charge in [0, 0.05) is 0 Å². The van der Waals surface area contributed by atoms with Crippen LogP contribution < -0.4 is 5.73 Å². The average Bonchev–Trinajstić information content (AvgIpc) is 2.80. The first-order valence-electron chi connectivity index (χ1n) is 10.5. The van der Waals surface area contributed by atoms with Crippen LogP contribution in [0.4, 0.5) is 0 Å². The van der Waals surface area contributed by atoms with E-state index in [0.717, 1.165) is 0 Å². The minimum atomic E-state index is -2.63. The van der Waals surface area contributed by atoms with Gasteiger partial charge in [0.25, 0.3) is 0 Å². The Labute approximate surface area is 188 Å². The highest BCUT2D eigenvalue weighted by atomic mass is 16.7. The van der Waals surface area contributed by atoms with Crippen LogP contribution >= 0.6 is 0 Å². The van der Waals surface area contributed by atoms with Gasteiger partial charge in [0.1, 0.15) is 66.6 Å². The molecule has 0 aromatic rings. The molecule has 0 spiro atoms. The standard InChI is InChI=1S/C18H33NO14/c1-4-7(22)9(24)11(26)15(30-4)18(29)13(19)16(28)31-6(3-21)14(18)33-17-12(27)10(25)8(23)5(2-20)32-17/h4-17,20-29H,2-3,19H2,1H3/t4-,5+,6+,7+,8-,9+,10-,11-,12+,13-,14+,15?,16?,17-,18+/m0/s1. The maximum Gasteiger partial charge on any atom is 0.187 e. The molecular weight excluding hydrogens is 454 g/mol. The highest BCUT2D eigenvalue weighted by Crippen LogP contribution is 2.40. The van der Waals surface area contributed by atoms with Crippen LogP contribution in [0.25, 0.3) is 0 Å². The SMILES string of the molecule is C[C@@H]1OC([C@]2(O)[C@H](O[C@@H]3O[C@H](CO)[C@H](O)[C@H](O)[C@H]3O)[C@@H](CO)OC(O)[C@@H]2N)[C@@H](O)[C@H](O)[C@@H]1O. The fourth-order valence-electron chi connectivity index (χ4n) is 4.50. The molecule has 15 atom stereocenters. The van der Waals surface area contributed by atoms with Crippen LogP contribution in [-0.4, -0.2) is 156 Å². The lowest BCUT2D eigenvalue weighted by molar-refractivity contribution is -0.382. The lowest BCUT2D eigenvalue weighted by atomic mass is 9.73. The van der Waals surface area contributed by atoms with Crippen molar-refractivity contribution in [3.8, 4) is 0 Å². The summed E-state index contributed by atoms with van der Waals surface area (Å²) in [6.07, 6.45) is -22.1. The van der Waals surface area contributed by atoms with E-state index in [1.165, 1.54) is 6.92 Å². The Morgan fingerprint density at radius 2 is 1.33 bits per heavy atom. The van der Waals surface area contributed by atoms with E-state index in [2.05, 4.69) is 0 Å². The summed E-state index contributed by atoms with van der Waals surface area (Å²) in [4.78, 5) is 0. The van der Waals surface area contributed by atoms with E-state index >= 15 is 0 Å². The van der Waals surface area contributed by atoms with Crippen LogP contribution in [0.1, 0.15) is 6.92 Å². The Kier molecular flexibility index (Phi) is 8.32. The van der Waals surface area contributed by atoms with Crippen molar-refractivity contribution in [2.45, 2.75) is 98.3 Å². The Balaban J connectivity index is 1.98. The molecule has 0 aliphatic carbocycles. The Morgan fingerprint density at radius 1 is 0.758 bits per heavy atom. The van der Waals surface area contributed by atoms with E-state index in [1.807, 2.05) is 0 Å². The van der Waals surface area contributed by atoms with Crippen LogP contribution in [0.3, 0.4) is 0 Å². The first kappa shape index (κ1) is 27.0. The quantitative estimate of drug-likeness (QED) is 0.172. The van der Waals surface area contributed by atoms with Crippen LogP contribution in [0, 0.1) is 0 Å². The maximum atomic E-state index is 11.7. The van der Waals surface area contributed by atoms with Crippen molar-refractivity contribution in [3.63, 3.8) is 0 Å².